The zero-order chi connectivity index (χ0) is 14.9. The van der Waals surface area contributed by atoms with Crippen LogP contribution in [0, 0.1) is 11.6 Å². The molecule has 0 saturated heterocycles. The van der Waals surface area contributed by atoms with Gasteiger partial charge in [0.1, 0.15) is 17.4 Å². The molecule has 0 radical (unpaired) electrons. The van der Waals surface area contributed by atoms with Crippen molar-refractivity contribution >= 4 is 33.3 Å². The molecule has 2 nitrogen and oxygen atoms in total. The number of hydrogen-bond donors (Lipinski definition) is 0. The quantitative estimate of drug-likeness (QED) is 0.746. The Labute approximate surface area is 127 Å². The van der Waals surface area contributed by atoms with E-state index >= 15 is 0 Å². The number of benzene rings is 2. The van der Waals surface area contributed by atoms with Crippen LogP contribution in [-0.4, -0.2) is 12.9 Å². The third-order valence-corrected chi connectivity index (χ3v) is 3.42. The molecule has 20 heavy (non-hydrogen) atoms. The Hall–Kier alpha value is -1.46. The number of carbonyl (C=O) groups excluding carboxylic acids is 1. The lowest BCUT2D eigenvalue weighted by atomic mass is 10.0. The summed E-state index contributed by atoms with van der Waals surface area (Å²) in [5.41, 5.74) is -0.524. The van der Waals surface area contributed by atoms with Gasteiger partial charge >= 0.3 is 0 Å². The fraction of sp³-hybridized carbons (Fsp3) is 0.0714. The van der Waals surface area contributed by atoms with Gasteiger partial charge in [-0.05, 0) is 30.3 Å². The Balaban J connectivity index is 2.52. The molecule has 2 rings (SSSR count). The maximum Gasteiger partial charge on any atom is 0.199 e. The molecule has 0 fully saturated rings. The van der Waals surface area contributed by atoms with Crippen LogP contribution in [0.1, 0.15) is 15.9 Å². The van der Waals surface area contributed by atoms with Gasteiger partial charge < -0.3 is 4.74 Å². The third-order valence-electron chi connectivity index (χ3n) is 2.65. The second-order valence-electron chi connectivity index (χ2n) is 3.92. The van der Waals surface area contributed by atoms with E-state index in [9.17, 15) is 13.6 Å². The molecule has 0 aromatic heterocycles. The van der Waals surface area contributed by atoms with Crippen LogP contribution in [0.5, 0.6) is 5.75 Å². The van der Waals surface area contributed by atoms with Crippen molar-refractivity contribution in [2.75, 3.05) is 7.11 Å². The standard InChI is InChI=1S/C14H8BrClF2O2/c1-20-12-4-7(2-3-9(12)16)14(19)13-10(17)5-8(15)6-11(13)18/h2-6H,1H3. The normalized spacial score (nSPS) is 10.4. The van der Waals surface area contributed by atoms with Crippen molar-refractivity contribution in [3.05, 3.63) is 62.6 Å². The van der Waals surface area contributed by atoms with Crippen molar-refractivity contribution in [2.45, 2.75) is 0 Å². The monoisotopic (exact) mass is 360 g/mol. The summed E-state index contributed by atoms with van der Waals surface area (Å²) in [6.07, 6.45) is 0. The Morgan fingerprint density at radius 1 is 1.20 bits per heavy atom. The summed E-state index contributed by atoms with van der Waals surface area (Å²) in [5.74, 6) is -2.38. The highest BCUT2D eigenvalue weighted by Crippen LogP contribution is 2.28. The highest BCUT2D eigenvalue weighted by Gasteiger charge is 2.20. The van der Waals surface area contributed by atoms with Gasteiger partial charge in [0.2, 0.25) is 0 Å². The lowest BCUT2D eigenvalue weighted by Crippen LogP contribution is -2.08. The first-order chi connectivity index (χ1) is 9.43. The van der Waals surface area contributed by atoms with Crippen molar-refractivity contribution in [2.24, 2.45) is 0 Å². The third kappa shape index (κ3) is 2.83. The van der Waals surface area contributed by atoms with E-state index in [1.165, 1.54) is 25.3 Å². The fourth-order valence-electron chi connectivity index (χ4n) is 1.70. The Kier molecular flexibility index (Phi) is 4.40. The fourth-order valence-corrected chi connectivity index (χ4v) is 2.30. The summed E-state index contributed by atoms with van der Waals surface area (Å²) in [5, 5.41) is 0.306. The van der Waals surface area contributed by atoms with E-state index in [0.717, 1.165) is 12.1 Å². The van der Waals surface area contributed by atoms with Crippen molar-refractivity contribution in [3.8, 4) is 5.75 Å². The second-order valence-corrected chi connectivity index (χ2v) is 5.25. The molecule has 104 valence electrons. The summed E-state index contributed by atoms with van der Waals surface area (Å²) in [6.45, 7) is 0. The number of ketones is 1. The van der Waals surface area contributed by atoms with Gasteiger partial charge in [-0.15, -0.1) is 0 Å². The summed E-state index contributed by atoms with van der Waals surface area (Å²) >= 11 is 8.80. The maximum atomic E-state index is 13.8. The van der Waals surface area contributed by atoms with Crippen molar-refractivity contribution in [1.29, 1.82) is 0 Å². The summed E-state index contributed by atoms with van der Waals surface area (Å²) in [7, 11) is 1.39. The van der Waals surface area contributed by atoms with E-state index in [0.29, 0.717) is 5.02 Å². The number of halogens is 4. The van der Waals surface area contributed by atoms with Crippen LogP contribution in [-0.2, 0) is 0 Å². The van der Waals surface area contributed by atoms with Gasteiger partial charge in [0.05, 0.1) is 17.7 Å². The number of rotatable bonds is 3. The molecule has 2 aromatic carbocycles. The van der Waals surface area contributed by atoms with Gasteiger partial charge in [-0.3, -0.25) is 4.79 Å². The molecule has 0 saturated carbocycles. The minimum atomic E-state index is -0.934. The predicted octanol–water partition coefficient (Wildman–Crippen LogP) is 4.62. The number of hydrogen-bond acceptors (Lipinski definition) is 2. The molecule has 0 spiro atoms. The molecule has 0 aliphatic carbocycles. The van der Waals surface area contributed by atoms with Gasteiger partial charge in [-0.2, -0.15) is 0 Å². The summed E-state index contributed by atoms with van der Waals surface area (Å²) in [6, 6.07) is 6.22. The van der Waals surface area contributed by atoms with E-state index in [4.69, 9.17) is 16.3 Å². The van der Waals surface area contributed by atoms with Crippen LogP contribution in [0.25, 0.3) is 0 Å². The molecule has 0 atom stereocenters. The first-order valence-corrected chi connectivity index (χ1v) is 6.64. The number of carbonyl (C=O) groups is 1. The van der Waals surface area contributed by atoms with Crippen LogP contribution in [0.4, 0.5) is 8.78 Å². The molecular formula is C14H8BrClF2O2. The first-order valence-electron chi connectivity index (χ1n) is 5.47. The molecule has 0 aliphatic rings. The molecule has 0 unspecified atom stereocenters. The Morgan fingerprint density at radius 2 is 1.80 bits per heavy atom. The maximum absolute atomic E-state index is 13.8. The average Bonchev–Trinajstić information content (AvgIpc) is 2.37. The summed E-state index contributed by atoms with van der Waals surface area (Å²) < 4.78 is 32.7. The predicted molar refractivity (Wildman–Crippen MR) is 75.5 cm³/mol. The molecule has 0 aliphatic heterocycles. The highest BCUT2D eigenvalue weighted by atomic mass is 79.9. The van der Waals surface area contributed by atoms with Crippen molar-refractivity contribution in [1.82, 2.24) is 0 Å². The van der Waals surface area contributed by atoms with Crippen LogP contribution >= 0.6 is 27.5 Å². The minimum Gasteiger partial charge on any atom is -0.495 e. The highest BCUT2D eigenvalue weighted by molar-refractivity contribution is 9.10. The molecular weight excluding hydrogens is 354 g/mol. The first kappa shape index (κ1) is 14.9. The van der Waals surface area contributed by atoms with Crippen molar-refractivity contribution < 1.29 is 18.3 Å². The van der Waals surface area contributed by atoms with Gasteiger partial charge in [0.15, 0.2) is 5.78 Å². The summed E-state index contributed by atoms with van der Waals surface area (Å²) in [4.78, 5) is 12.2. The number of methoxy groups -OCH3 is 1. The molecule has 2 aromatic rings. The zero-order valence-corrected chi connectivity index (χ0v) is 12.6. The lowest BCUT2D eigenvalue weighted by molar-refractivity contribution is 0.103. The van der Waals surface area contributed by atoms with Gasteiger partial charge in [-0.25, -0.2) is 8.78 Å². The van der Waals surface area contributed by atoms with E-state index in [1.807, 2.05) is 0 Å². The minimum absolute atomic E-state index is 0.0892. The van der Waals surface area contributed by atoms with Crippen LogP contribution in [0.2, 0.25) is 5.02 Å². The SMILES string of the molecule is COc1cc(C(=O)c2c(F)cc(Br)cc2F)ccc1Cl. The Bertz CT molecular complexity index is 666. The molecule has 0 N–H and O–H groups in total. The smallest absolute Gasteiger partial charge is 0.199 e. The average molecular weight is 362 g/mol. The van der Waals surface area contributed by atoms with Crippen LogP contribution in [0.3, 0.4) is 0 Å². The molecule has 0 heterocycles. The van der Waals surface area contributed by atoms with Gasteiger partial charge in [0, 0.05) is 10.0 Å². The van der Waals surface area contributed by atoms with Gasteiger partial charge in [0.25, 0.3) is 0 Å². The zero-order valence-electron chi connectivity index (χ0n) is 10.2. The Morgan fingerprint density at radius 3 is 2.35 bits per heavy atom. The van der Waals surface area contributed by atoms with E-state index in [1.54, 1.807) is 0 Å². The topological polar surface area (TPSA) is 26.3 Å². The largest absolute Gasteiger partial charge is 0.495 e. The molecule has 0 amide bonds. The lowest BCUT2D eigenvalue weighted by Gasteiger charge is -2.08. The van der Waals surface area contributed by atoms with E-state index < -0.39 is 23.0 Å². The molecule has 6 heteroatoms. The second kappa shape index (κ2) is 5.89. The molecule has 0 bridgehead atoms. The van der Waals surface area contributed by atoms with Crippen molar-refractivity contribution in [3.63, 3.8) is 0 Å². The van der Waals surface area contributed by atoms with Gasteiger partial charge in [-0.1, -0.05) is 27.5 Å². The number of ether oxygens (including phenoxy) is 1. The van der Waals surface area contributed by atoms with Crippen LogP contribution < -0.4 is 4.74 Å². The van der Waals surface area contributed by atoms with Crippen LogP contribution in [0.15, 0.2) is 34.8 Å². The van der Waals surface area contributed by atoms with E-state index in [2.05, 4.69) is 15.9 Å². The van der Waals surface area contributed by atoms with E-state index in [-0.39, 0.29) is 15.8 Å².